The van der Waals surface area contributed by atoms with Crippen molar-refractivity contribution in [2.45, 2.75) is 97.8 Å². The van der Waals surface area contributed by atoms with Crippen molar-refractivity contribution in [3.8, 4) is 5.69 Å². The lowest BCUT2D eigenvalue weighted by molar-refractivity contribution is -0.138. The van der Waals surface area contributed by atoms with E-state index in [1.54, 1.807) is 0 Å². The molecule has 5 aliphatic rings. The third kappa shape index (κ3) is 5.88. The number of ketones is 1. The number of Topliss-reactive ketones (excluding diaryl/α,β-unsaturated/α-hetero) is 1. The first-order chi connectivity index (χ1) is 23.0. The molecule has 0 unspecified atom stereocenters. The van der Waals surface area contributed by atoms with Crippen molar-refractivity contribution in [1.82, 2.24) is 19.7 Å². The Labute approximate surface area is 291 Å². The first kappa shape index (κ1) is 33.6. The van der Waals surface area contributed by atoms with E-state index in [0.29, 0.717) is 35.2 Å². The summed E-state index contributed by atoms with van der Waals surface area (Å²) in [7, 11) is 4.04. The molecule has 0 saturated heterocycles. The van der Waals surface area contributed by atoms with Crippen molar-refractivity contribution in [3.63, 3.8) is 0 Å². The van der Waals surface area contributed by atoms with E-state index in [4.69, 9.17) is 16.6 Å². The Morgan fingerprint density at radius 3 is 2.46 bits per heavy atom. The maximum absolute atomic E-state index is 12.2. The van der Waals surface area contributed by atoms with Crippen molar-refractivity contribution in [2.24, 2.45) is 45.4 Å². The fraction of sp³-hybridized carbons (Fsp3) is 0.600. The standard InChI is InChI=1S/C21H34O2.C19H18ClN5/c1-13(22)17-6-7-18-16-5-4-14-12-15(23)8-10-20(14,2)19(16)9-11-21(17,18)3;1-24(2)12-18-23-22-17-11-21-19(13-6-4-3-5-7-13)15-10-14(20)8-9-16(15)25(17)18/h14-19,23H,4-12H2,1-3H3;3-10H,11-12H2,1-2H3/t14-,15-,16+,17-,18+,19+,20+,21-;/m1./s1. The van der Waals surface area contributed by atoms with Gasteiger partial charge in [0.1, 0.15) is 12.3 Å². The fourth-order valence-corrected chi connectivity index (χ4v) is 11.2. The molecule has 0 radical (unpaired) electrons. The number of carbonyl (C=O) groups is 1. The average Bonchev–Trinajstić information content (AvgIpc) is 3.57. The van der Waals surface area contributed by atoms with Gasteiger partial charge in [-0.05, 0) is 132 Å². The average molecular weight is 670 g/mol. The zero-order valence-electron chi connectivity index (χ0n) is 29.3. The van der Waals surface area contributed by atoms with Crippen molar-refractivity contribution in [2.75, 3.05) is 14.1 Å². The van der Waals surface area contributed by atoms with E-state index in [1.165, 1.54) is 38.5 Å². The highest BCUT2D eigenvalue weighted by atomic mass is 35.5. The van der Waals surface area contributed by atoms with Gasteiger partial charge in [-0.2, -0.15) is 0 Å². The molecule has 1 aliphatic heterocycles. The number of aliphatic hydroxyl groups is 1. The van der Waals surface area contributed by atoms with Crippen LogP contribution in [0.25, 0.3) is 5.69 Å². The smallest absolute Gasteiger partial charge is 0.159 e. The molecule has 0 bridgehead atoms. The molecule has 8 atom stereocenters. The molecule has 0 spiro atoms. The molecule has 8 rings (SSSR count). The van der Waals surface area contributed by atoms with Crippen molar-refractivity contribution in [1.29, 1.82) is 0 Å². The molecule has 4 aliphatic carbocycles. The second-order valence-corrected chi connectivity index (χ2v) is 16.6. The topological polar surface area (TPSA) is 83.6 Å². The lowest BCUT2D eigenvalue weighted by Gasteiger charge is -2.60. The first-order valence-corrected chi connectivity index (χ1v) is 18.5. The van der Waals surface area contributed by atoms with Gasteiger partial charge in [-0.15, -0.1) is 10.2 Å². The van der Waals surface area contributed by atoms with Crippen LogP contribution in [0.3, 0.4) is 0 Å². The van der Waals surface area contributed by atoms with Gasteiger partial charge in [0.05, 0.1) is 24.0 Å². The van der Waals surface area contributed by atoms with E-state index in [1.807, 2.05) is 57.4 Å². The van der Waals surface area contributed by atoms with Gasteiger partial charge in [0.2, 0.25) is 0 Å². The molecular formula is C40H52ClN5O2. The lowest BCUT2D eigenvalue weighted by atomic mass is 9.44. The minimum atomic E-state index is -0.0490. The molecule has 3 aromatic rings. The van der Waals surface area contributed by atoms with E-state index >= 15 is 0 Å². The molecule has 2 aromatic carbocycles. The second-order valence-electron chi connectivity index (χ2n) is 16.2. The number of carbonyl (C=O) groups excluding carboxylic acids is 1. The predicted molar refractivity (Wildman–Crippen MR) is 191 cm³/mol. The minimum absolute atomic E-state index is 0.0490. The Morgan fingerprint density at radius 2 is 1.71 bits per heavy atom. The van der Waals surface area contributed by atoms with Crippen LogP contribution in [-0.2, 0) is 17.9 Å². The summed E-state index contributed by atoms with van der Waals surface area (Å²) in [6, 6.07) is 16.1. The third-order valence-corrected chi connectivity index (χ3v) is 13.5. The number of aliphatic imine (C=N–C) groups is 1. The summed E-state index contributed by atoms with van der Waals surface area (Å²) in [5.74, 6) is 5.70. The first-order valence-electron chi connectivity index (χ1n) is 18.2. The number of hydrogen-bond acceptors (Lipinski definition) is 6. The molecule has 2 heterocycles. The van der Waals surface area contributed by atoms with Crippen LogP contribution in [0.4, 0.5) is 0 Å². The van der Waals surface area contributed by atoms with Gasteiger partial charge in [0.15, 0.2) is 11.6 Å². The Balaban J connectivity index is 0.000000152. The van der Waals surface area contributed by atoms with Crippen molar-refractivity contribution >= 4 is 23.1 Å². The summed E-state index contributed by atoms with van der Waals surface area (Å²) < 4.78 is 2.10. The van der Waals surface area contributed by atoms with Crippen LogP contribution in [0.5, 0.6) is 0 Å². The van der Waals surface area contributed by atoms with Gasteiger partial charge in [-0.25, -0.2) is 0 Å². The zero-order chi connectivity index (χ0) is 33.8. The predicted octanol–water partition coefficient (Wildman–Crippen LogP) is 7.93. The molecule has 48 heavy (non-hydrogen) atoms. The Bertz CT molecular complexity index is 1690. The number of nitrogens with zero attached hydrogens (tertiary/aromatic N) is 5. The van der Waals surface area contributed by atoms with Crippen LogP contribution in [0, 0.1) is 40.4 Å². The number of aliphatic hydroxyl groups excluding tert-OH is 1. The summed E-state index contributed by atoms with van der Waals surface area (Å²) in [6.45, 7) is 7.99. The third-order valence-electron chi connectivity index (χ3n) is 13.3. The number of fused-ring (bicyclic) bond motifs is 8. The SMILES string of the molecule is CC(=O)[C@H]1CC[C@H]2[C@@H]3CC[C@@H]4C[C@H](O)CC[C@]4(C)[C@H]3CC[C@]12C.CN(C)Cc1nnc2n1-c1ccc(Cl)cc1C(c1ccccc1)=NC2. The molecule has 1 N–H and O–H groups in total. The quantitative estimate of drug-likeness (QED) is 0.305. The summed E-state index contributed by atoms with van der Waals surface area (Å²) in [6.07, 6.45) is 10.9. The van der Waals surface area contributed by atoms with Gasteiger partial charge >= 0.3 is 0 Å². The van der Waals surface area contributed by atoms with E-state index in [2.05, 4.69) is 45.6 Å². The van der Waals surface area contributed by atoms with Crippen molar-refractivity contribution < 1.29 is 9.90 Å². The van der Waals surface area contributed by atoms with Crippen LogP contribution >= 0.6 is 11.6 Å². The van der Waals surface area contributed by atoms with Crippen LogP contribution in [-0.4, -0.2) is 56.5 Å². The van der Waals surface area contributed by atoms with Gasteiger partial charge in [0.25, 0.3) is 0 Å². The zero-order valence-corrected chi connectivity index (χ0v) is 30.1. The summed E-state index contributed by atoms with van der Waals surface area (Å²) in [5.41, 5.74) is 4.75. The Kier molecular flexibility index (Phi) is 9.18. The molecule has 7 nitrogen and oxygen atoms in total. The number of benzene rings is 2. The molecule has 1 aromatic heterocycles. The maximum Gasteiger partial charge on any atom is 0.159 e. The van der Waals surface area contributed by atoms with Crippen LogP contribution in [0.2, 0.25) is 5.02 Å². The number of hydrogen-bond donors (Lipinski definition) is 1. The second kappa shape index (κ2) is 13.1. The molecule has 8 heteroatoms. The highest BCUT2D eigenvalue weighted by Gasteiger charge is 2.60. The molecule has 4 fully saturated rings. The molecule has 256 valence electrons. The summed E-state index contributed by atoms with van der Waals surface area (Å²) in [4.78, 5) is 19.1. The van der Waals surface area contributed by atoms with Crippen LogP contribution in [0.15, 0.2) is 53.5 Å². The number of halogens is 1. The fourth-order valence-electron chi connectivity index (χ4n) is 11.0. The summed E-state index contributed by atoms with van der Waals surface area (Å²) in [5, 5.41) is 19.5. The normalized spacial score (nSPS) is 33.5. The Hall–Kier alpha value is -2.87. The molecule has 4 saturated carbocycles. The Morgan fingerprint density at radius 1 is 0.958 bits per heavy atom. The van der Waals surface area contributed by atoms with Crippen molar-refractivity contribution in [3.05, 3.63) is 76.3 Å². The monoisotopic (exact) mass is 669 g/mol. The van der Waals surface area contributed by atoms with Gasteiger partial charge < -0.3 is 10.0 Å². The van der Waals surface area contributed by atoms with E-state index in [0.717, 1.165) is 77.1 Å². The highest BCUT2D eigenvalue weighted by molar-refractivity contribution is 6.31. The van der Waals surface area contributed by atoms with Crippen LogP contribution < -0.4 is 0 Å². The van der Waals surface area contributed by atoms with Gasteiger partial charge in [0, 0.05) is 22.1 Å². The summed E-state index contributed by atoms with van der Waals surface area (Å²) >= 11 is 6.30. The number of aromatic nitrogens is 3. The van der Waals surface area contributed by atoms with Gasteiger partial charge in [-0.3, -0.25) is 14.4 Å². The number of rotatable bonds is 4. The largest absolute Gasteiger partial charge is 0.393 e. The van der Waals surface area contributed by atoms with Gasteiger partial charge in [-0.1, -0.05) is 55.8 Å². The van der Waals surface area contributed by atoms with Crippen LogP contribution in [0.1, 0.15) is 101 Å². The van der Waals surface area contributed by atoms with E-state index < -0.39 is 0 Å². The van der Waals surface area contributed by atoms with E-state index in [-0.39, 0.29) is 11.5 Å². The highest BCUT2D eigenvalue weighted by Crippen LogP contribution is 2.67. The molecule has 0 amide bonds. The van der Waals surface area contributed by atoms with E-state index in [9.17, 15) is 9.90 Å². The lowest BCUT2D eigenvalue weighted by Crippen LogP contribution is -2.54. The maximum atomic E-state index is 12.2. The molecular weight excluding hydrogens is 618 g/mol. The minimum Gasteiger partial charge on any atom is -0.393 e.